The molecule has 1 saturated carbocycles. The van der Waals surface area contributed by atoms with Gasteiger partial charge in [0.05, 0.1) is 18.6 Å². The van der Waals surface area contributed by atoms with Gasteiger partial charge in [-0.25, -0.2) is 4.98 Å². The van der Waals surface area contributed by atoms with Gasteiger partial charge in [-0.05, 0) is 37.0 Å². The molecule has 0 radical (unpaired) electrons. The first-order valence-electron chi connectivity index (χ1n) is 7.90. The van der Waals surface area contributed by atoms with E-state index in [0.717, 1.165) is 36.4 Å². The number of aromatic nitrogens is 3. The van der Waals surface area contributed by atoms with Gasteiger partial charge in [-0.2, -0.15) is 5.10 Å². The lowest BCUT2D eigenvalue weighted by molar-refractivity contribution is -0.124. The fourth-order valence-corrected chi connectivity index (χ4v) is 2.95. The molecule has 1 aromatic carbocycles. The molecule has 0 bridgehead atoms. The first-order chi connectivity index (χ1) is 11.1. The maximum atomic E-state index is 12.9. The van der Waals surface area contributed by atoms with Crippen LogP contribution in [0.3, 0.4) is 0 Å². The van der Waals surface area contributed by atoms with Gasteiger partial charge in [0, 0.05) is 7.05 Å². The third-order valence-corrected chi connectivity index (χ3v) is 4.60. The predicted molar refractivity (Wildman–Crippen MR) is 86.1 cm³/mol. The van der Waals surface area contributed by atoms with Crippen LogP contribution in [-0.4, -0.2) is 27.8 Å². The minimum absolute atomic E-state index is 0.0671. The van der Waals surface area contributed by atoms with Crippen molar-refractivity contribution in [3.8, 4) is 5.75 Å². The smallest absolute Gasteiger partial charge is 0.231 e. The Labute approximate surface area is 135 Å². The van der Waals surface area contributed by atoms with Crippen molar-refractivity contribution < 1.29 is 9.53 Å². The molecule has 6 nitrogen and oxygen atoms in total. The van der Waals surface area contributed by atoms with Gasteiger partial charge in [-0.3, -0.25) is 9.48 Å². The van der Waals surface area contributed by atoms with Crippen molar-refractivity contribution in [1.82, 2.24) is 20.1 Å². The van der Waals surface area contributed by atoms with Crippen LogP contribution in [-0.2, 0) is 17.3 Å². The minimum Gasteiger partial charge on any atom is -0.497 e. The van der Waals surface area contributed by atoms with Crippen LogP contribution >= 0.6 is 0 Å². The lowest BCUT2D eigenvalue weighted by Crippen LogP contribution is -2.38. The average Bonchev–Trinajstić information content (AvgIpc) is 3.29. The maximum Gasteiger partial charge on any atom is 0.231 e. The molecule has 6 heteroatoms. The number of hydrogen-bond acceptors (Lipinski definition) is 4. The molecule has 1 N–H and O–H groups in total. The van der Waals surface area contributed by atoms with Crippen molar-refractivity contribution in [3.05, 3.63) is 42.0 Å². The number of ether oxygens (including phenoxy) is 1. The van der Waals surface area contributed by atoms with E-state index in [2.05, 4.69) is 15.4 Å². The van der Waals surface area contributed by atoms with Gasteiger partial charge in [0.1, 0.15) is 17.9 Å². The lowest BCUT2D eigenvalue weighted by atomic mass is 9.94. The van der Waals surface area contributed by atoms with Crippen molar-refractivity contribution in [2.24, 2.45) is 7.05 Å². The number of methoxy groups -OCH3 is 1. The Hall–Kier alpha value is -2.37. The average molecular weight is 314 g/mol. The third-order valence-electron chi connectivity index (χ3n) is 4.60. The van der Waals surface area contributed by atoms with Gasteiger partial charge in [0.25, 0.3) is 0 Å². The quantitative estimate of drug-likeness (QED) is 0.887. The minimum atomic E-state index is -0.404. The molecule has 1 atom stereocenters. The molecule has 1 heterocycles. The Morgan fingerprint density at radius 1 is 1.39 bits per heavy atom. The van der Waals surface area contributed by atoms with Crippen LogP contribution in [0.2, 0.25) is 0 Å². The number of benzene rings is 1. The predicted octanol–water partition coefficient (Wildman–Crippen LogP) is 2.12. The van der Waals surface area contributed by atoms with E-state index >= 15 is 0 Å². The molecule has 0 spiro atoms. The van der Waals surface area contributed by atoms with Crippen LogP contribution in [0.1, 0.15) is 43.6 Å². The van der Waals surface area contributed by atoms with E-state index in [4.69, 9.17) is 4.74 Å². The van der Waals surface area contributed by atoms with Crippen LogP contribution in [0.25, 0.3) is 0 Å². The SMILES string of the molecule is CC[C@H](NC(=O)C1(c2ccc(OC)cc2)CC1)c1ncnn1C. The molecule has 0 unspecified atom stereocenters. The highest BCUT2D eigenvalue weighted by Gasteiger charge is 2.51. The molecule has 1 aliphatic rings. The summed E-state index contributed by atoms with van der Waals surface area (Å²) >= 11 is 0. The molecule has 1 aliphatic carbocycles. The van der Waals surface area contributed by atoms with Gasteiger partial charge >= 0.3 is 0 Å². The summed E-state index contributed by atoms with van der Waals surface area (Å²) in [5.74, 6) is 1.65. The molecular weight excluding hydrogens is 292 g/mol. The third kappa shape index (κ3) is 2.81. The fraction of sp³-hybridized carbons (Fsp3) is 0.471. The zero-order chi connectivity index (χ0) is 16.4. The molecule has 3 rings (SSSR count). The number of amides is 1. The van der Waals surface area contributed by atoms with Gasteiger partial charge in [-0.1, -0.05) is 19.1 Å². The molecule has 1 fully saturated rings. The number of aryl methyl sites for hydroxylation is 1. The monoisotopic (exact) mass is 314 g/mol. The number of rotatable bonds is 6. The number of hydrogen-bond donors (Lipinski definition) is 1. The highest BCUT2D eigenvalue weighted by molar-refractivity contribution is 5.91. The summed E-state index contributed by atoms with van der Waals surface area (Å²) < 4.78 is 6.90. The van der Waals surface area contributed by atoms with E-state index in [9.17, 15) is 4.79 Å². The molecule has 2 aromatic rings. The highest BCUT2D eigenvalue weighted by atomic mass is 16.5. The van der Waals surface area contributed by atoms with E-state index in [1.54, 1.807) is 11.8 Å². The Morgan fingerprint density at radius 3 is 2.57 bits per heavy atom. The number of carbonyl (C=O) groups excluding carboxylic acids is 1. The summed E-state index contributed by atoms with van der Waals surface area (Å²) in [6, 6.07) is 7.65. The van der Waals surface area contributed by atoms with Crippen molar-refractivity contribution in [1.29, 1.82) is 0 Å². The van der Waals surface area contributed by atoms with Crippen LogP contribution in [0.15, 0.2) is 30.6 Å². The highest BCUT2D eigenvalue weighted by Crippen LogP contribution is 2.49. The summed E-state index contributed by atoms with van der Waals surface area (Å²) in [7, 11) is 3.48. The van der Waals surface area contributed by atoms with E-state index in [1.165, 1.54) is 6.33 Å². The first-order valence-corrected chi connectivity index (χ1v) is 7.90. The van der Waals surface area contributed by atoms with Crippen LogP contribution in [0.4, 0.5) is 0 Å². The Bertz CT molecular complexity index is 689. The summed E-state index contributed by atoms with van der Waals surface area (Å²) in [4.78, 5) is 17.1. The molecule has 0 aliphatic heterocycles. The zero-order valence-corrected chi connectivity index (χ0v) is 13.7. The first kappa shape index (κ1) is 15.5. The van der Waals surface area contributed by atoms with E-state index in [1.807, 2.05) is 38.2 Å². The summed E-state index contributed by atoms with van der Waals surface area (Å²) in [6.07, 6.45) is 4.04. The van der Waals surface area contributed by atoms with E-state index < -0.39 is 5.41 Å². The van der Waals surface area contributed by atoms with E-state index in [-0.39, 0.29) is 11.9 Å². The van der Waals surface area contributed by atoms with Crippen molar-refractivity contribution in [2.75, 3.05) is 7.11 Å². The zero-order valence-electron chi connectivity index (χ0n) is 13.7. The lowest BCUT2D eigenvalue weighted by Gasteiger charge is -2.21. The van der Waals surface area contributed by atoms with Crippen LogP contribution in [0.5, 0.6) is 5.75 Å². The van der Waals surface area contributed by atoms with Gasteiger partial charge in [0.2, 0.25) is 5.91 Å². The Balaban J connectivity index is 1.77. The normalized spacial score (nSPS) is 16.7. The summed E-state index contributed by atoms with van der Waals surface area (Å²) in [6.45, 7) is 2.03. The molecule has 0 saturated heterocycles. The number of carbonyl (C=O) groups is 1. The molecule has 1 amide bonds. The molecule has 23 heavy (non-hydrogen) atoms. The second-order valence-electron chi connectivity index (χ2n) is 5.99. The van der Waals surface area contributed by atoms with Crippen molar-refractivity contribution in [3.63, 3.8) is 0 Å². The summed E-state index contributed by atoms with van der Waals surface area (Å²) in [5, 5.41) is 7.23. The van der Waals surface area contributed by atoms with Crippen LogP contribution in [0, 0.1) is 0 Å². The van der Waals surface area contributed by atoms with Gasteiger partial charge in [0.15, 0.2) is 0 Å². The number of nitrogens with zero attached hydrogens (tertiary/aromatic N) is 3. The molecule has 1 aromatic heterocycles. The summed E-state index contributed by atoms with van der Waals surface area (Å²) in [5.41, 5.74) is 0.641. The molecular formula is C17H22N4O2. The van der Waals surface area contributed by atoms with Crippen molar-refractivity contribution >= 4 is 5.91 Å². The number of nitrogens with one attached hydrogen (secondary N) is 1. The standard InChI is InChI=1S/C17H22N4O2/c1-4-14(15-18-11-19-21(15)2)20-16(22)17(9-10-17)12-5-7-13(23-3)8-6-12/h5-8,11,14H,4,9-10H2,1-3H3,(H,20,22)/t14-/m0/s1. The maximum absolute atomic E-state index is 12.9. The van der Waals surface area contributed by atoms with E-state index in [0.29, 0.717) is 0 Å². The second-order valence-corrected chi connectivity index (χ2v) is 5.99. The van der Waals surface area contributed by atoms with Gasteiger partial charge in [-0.15, -0.1) is 0 Å². The fourth-order valence-electron chi connectivity index (χ4n) is 2.95. The van der Waals surface area contributed by atoms with Crippen LogP contribution < -0.4 is 10.1 Å². The largest absolute Gasteiger partial charge is 0.497 e. The molecule has 122 valence electrons. The van der Waals surface area contributed by atoms with Gasteiger partial charge < -0.3 is 10.1 Å². The second kappa shape index (κ2) is 6.02. The van der Waals surface area contributed by atoms with Crippen molar-refractivity contribution in [2.45, 2.75) is 37.6 Å². The topological polar surface area (TPSA) is 69.0 Å². The Morgan fingerprint density at radius 2 is 2.09 bits per heavy atom. The Kier molecular flexibility index (Phi) is 4.07.